The van der Waals surface area contributed by atoms with Crippen molar-refractivity contribution in [3.05, 3.63) is 106 Å². The van der Waals surface area contributed by atoms with Crippen LogP contribution in [0.2, 0.25) is 0 Å². The summed E-state index contributed by atoms with van der Waals surface area (Å²) in [5.74, 6) is -0.205. The van der Waals surface area contributed by atoms with Gasteiger partial charge < -0.3 is 9.80 Å². The second-order valence-corrected chi connectivity index (χ2v) is 10.5. The van der Waals surface area contributed by atoms with E-state index >= 15 is 0 Å². The highest BCUT2D eigenvalue weighted by molar-refractivity contribution is 7.09. The van der Waals surface area contributed by atoms with Crippen LogP contribution in [0.25, 0.3) is 10.8 Å². The Labute approximate surface area is 205 Å². The molecule has 5 heteroatoms. The molecule has 0 aliphatic heterocycles. The molecule has 0 N–H and O–H groups in total. The summed E-state index contributed by atoms with van der Waals surface area (Å²) in [5, 5.41) is 4.12. The van der Waals surface area contributed by atoms with Crippen molar-refractivity contribution in [3.8, 4) is 0 Å². The normalized spacial score (nSPS) is 11.4. The molecule has 0 saturated heterocycles. The molecule has 0 aliphatic carbocycles. The van der Waals surface area contributed by atoms with E-state index in [9.17, 15) is 9.59 Å². The summed E-state index contributed by atoms with van der Waals surface area (Å²) in [6.07, 6.45) is 0. The summed E-state index contributed by atoms with van der Waals surface area (Å²) < 4.78 is 0. The lowest BCUT2D eigenvalue weighted by molar-refractivity contribution is -0.134. The molecule has 0 atom stereocenters. The van der Waals surface area contributed by atoms with Crippen LogP contribution in [0, 0.1) is 0 Å². The fourth-order valence-electron chi connectivity index (χ4n) is 3.95. The van der Waals surface area contributed by atoms with Crippen LogP contribution in [-0.2, 0) is 17.9 Å². The summed E-state index contributed by atoms with van der Waals surface area (Å²) in [4.78, 5) is 31.9. The van der Waals surface area contributed by atoms with Crippen molar-refractivity contribution < 1.29 is 9.59 Å². The number of carbonyl (C=O) groups is 2. The van der Waals surface area contributed by atoms with Gasteiger partial charge in [0.1, 0.15) is 6.54 Å². The summed E-state index contributed by atoms with van der Waals surface area (Å²) in [6.45, 7) is 6.96. The minimum atomic E-state index is -0.514. The average Bonchev–Trinajstić information content (AvgIpc) is 3.34. The largest absolute Gasteiger partial charge is 0.332 e. The molecular formula is C29H30N2O2S. The van der Waals surface area contributed by atoms with Crippen LogP contribution in [0.1, 0.15) is 41.6 Å². The summed E-state index contributed by atoms with van der Waals surface area (Å²) >= 11 is 1.63. The lowest BCUT2D eigenvalue weighted by atomic mass is 10.0. The van der Waals surface area contributed by atoms with E-state index in [1.165, 1.54) is 0 Å². The van der Waals surface area contributed by atoms with Gasteiger partial charge in [0.2, 0.25) is 5.91 Å². The summed E-state index contributed by atoms with van der Waals surface area (Å²) in [6, 6.07) is 27.7. The first kappa shape index (κ1) is 23.7. The van der Waals surface area contributed by atoms with E-state index in [1.54, 1.807) is 16.2 Å². The van der Waals surface area contributed by atoms with E-state index in [2.05, 4.69) is 0 Å². The topological polar surface area (TPSA) is 40.6 Å². The maximum Gasteiger partial charge on any atom is 0.254 e. The Morgan fingerprint density at radius 1 is 0.794 bits per heavy atom. The predicted molar refractivity (Wildman–Crippen MR) is 140 cm³/mol. The van der Waals surface area contributed by atoms with Crippen molar-refractivity contribution in [1.29, 1.82) is 0 Å². The minimum absolute atomic E-state index is 0.0212. The van der Waals surface area contributed by atoms with Crippen LogP contribution < -0.4 is 0 Å². The van der Waals surface area contributed by atoms with Crippen LogP contribution in [0.3, 0.4) is 0 Å². The zero-order valence-electron chi connectivity index (χ0n) is 19.9. The first-order chi connectivity index (χ1) is 16.3. The number of benzene rings is 3. The molecule has 4 rings (SSSR count). The van der Waals surface area contributed by atoms with Gasteiger partial charge in [-0.3, -0.25) is 9.59 Å². The van der Waals surface area contributed by atoms with E-state index < -0.39 is 5.54 Å². The van der Waals surface area contributed by atoms with Crippen LogP contribution >= 0.6 is 11.3 Å². The van der Waals surface area contributed by atoms with Gasteiger partial charge in [-0.2, -0.15) is 0 Å². The Balaban J connectivity index is 1.59. The van der Waals surface area contributed by atoms with Gasteiger partial charge in [-0.05, 0) is 60.7 Å². The highest BCUT2D eigenvalue weighted by Crippen LogP contribution is 2.22. The number of amides is 2. The third kappa shape index (κ3) is 5.72. The Bertz CT molecular complexity index is 1260. The molecule has 0 bridgehead atoms. The van der Waals surface area contributed by atoms with Crippen molar-refractivity contribution in [2.45, 2.75) is 39.4 Å². The average molecular weight is 471 g/mol. The van der Waals surface area contributed by atoms with Gasteiger partial charge >= 0.3 is 0 Å². The Morgan fingerprint density at radius 2 is 1.50 bits per heavy atom. The molecule has 1 aromatic heterocycles. The number of fused-ring (bicyclic) bond motifs is 1. The monoisotopic (exact) mass is 470 g/mol. The van der Waals surface area contributed by atoms with Crippen molar-refractivity contribution in [2.75, 3.05) is 6.54 Å². The standard InChI is InChI=1S/C29H30N2O2S/c1-29(2,3)31(28(33)25-16-15-23-12-7-8-13-24(23)18-25)21-27(32)30(20-26-14-9-17-34-26)19-22-10-5-4-6-11-22/h4-18H,19-21H2,1-3H3. The van der Waals surface area contributed by atoms with Gasteiger partial charge in [-0.15, -0.1) is 11.3 Å². The first-order valence-electron chi connectivity index (χ1n) is 11.5. The second kappa shape index (κ2) is 10.2. The fraction of sp³-hybridized carbons (Fsp3) is 0.241. The molecule has 0 saturated carbocycles. The SMILES string of the molecule is CC(C)(C)N(CC(=O)N(Cc1ccccc1)Cc1cccs1)C(=O)c1ccc2ccccc2c1. The van der Waals surface area contributed by atoms with E-state index in [-0.39, 0.29) is 18.4 Å². The second-order valence-electron chi connectivity index (χ2n) is 9.44. The Kier molecular flexibility index (Phi) is 7.13. The highest BCUT2D eigenvalue weighted by atomic mass is 32.1. The molecule has 0 spiro atoms. The van der Waals surface area contributed by atoms with Gasteiger partial charge in [0.15, 0.2) is 0 Å². The molecule has 4 aromatic rings. The molecule has 3 aromatic carbocycles. The molecule has 1 heterocycles. The van der Waals surface area contributed by atoms with E-state index in [0.29, 0.717) is 18.7 Å². The maximum absolute atomic E-state index is 13.6. The molecule has 4 nitrogen and oxygen atoms in total. The van der Waals surface area contributed by atoms with Crippen LogP contribution in [-0.4, -0.2) is 33.7 Å². The van der Waals surface area contributed by atoms with Gasteiger partial charge in [0.25, 0.3) is 5.91 Å². The van der Waals surface area contributed by atoms with Gasteiger partial charge in [-0.25, -0.2) is 0 Å². The van der Waals surface area contributed by atoms with Crippen molar-refractivity contribution in [2.24, 2.45) is 0 Å². The third-order valence-electron chi connectivity index (χ3n) is 5.84. The fourth-order valence-corrected chi connectivity index (χ4v) is 4.67. The molecule has 0 aliphatic rings. The predicted octanol–water partition coefficient (Wildman–Crippen LogP) is 6.37. The van der Waals surface area contributed by atoms with E-state index in [4.69, 9.17) is 0 Å². The quantitative estimate of drug-likeness (QED) is 0.315. The number of rotatable bonds is 7. The number of thiophene rings is 1. The van der Waals surface area contributed by atoms with Crippen LogP contribution in [0.5, 0.6) is 0 Å². The number of nitrogens with zero attached hydrogens (tertiary/aromatic N) is 2. The minimum Gasteiger partial charge on any atom is -0.332 e. The molecule has 174 valence electrons. The van der Waals surface area contributed by atoms with Gasteiger partial charge in [0, 0.05) is 22.5 Å². The van der Waals surface area contributed by atoms with Gasteiger partial charge in [-0.1, -0.05) is 66.7 Å². The van der Waals surface area contributed by atoms with Crippen molar-refractivity contribution in [3.63, 3.8) is 0 Å². The van der Waals surface area contributed by atoms with Crippen LogP contribution in [0.4, 0.5) is 0 Å². The van der Waals surface area contributed by atoms with Crippen molar-refractivity contribution in [1.82, 2.24) is 9.80 Å². The highest BCUT2D eigenvalue weighted by Gasteiger charge is 2.31. The Hall–Kier alpha value is -3.44. The summed E-state index contributed by atoms with van der Waals surface area (Å²) in [5.41, 5.74) is 1.14. The lowest BCUT2D eigenvalue weighted by Gasteiger charge is -2.37. The molecule has 0 unspecified atom stereocenters. The van der Waals surface area contributed by atoms with E-state index in [0.717, 1.165) is 21.2 Å². The molecule has 0 fully saturated rings. The number of hydrogen-bond acceptors (Lipinski definition) is 3. The van der Waals surface area contributed by atoms with Gasteiger partial charge in [0.05, 0.1) is 6.54 Å². The smallest absolute Gasteiger partial charge is 0.254 e. The van der Waals surface area contributed by atoms with Crippen LogP contribution in [0.15, 0.2) is 90.3 Å². The zero-order chi connectivity index (χ0) is 24.1. The first-order valence-corrected chi connectivity index (χ1v) is 12.3. The molecular weight excluding hydrogens is 440 g/mol. The van der Waals surface area contributed by atoms with Crippen molar-refractivity contribution >= 4 is 33.9 Å². The third-order valence-corrected chi connectivity index (χ3v) is 6.70. The number of carbonyl (C=O) groups excluding carboxylic acids is 2. The Morgan fingerprint density at radius 3 is 2.18 bits per heavy atom. The molecule has 34 heavy (non-hydrogen) atoms. The van der Waals surface area contributed by atoms with E-state index in [1.807, 2.05) is 116 Å². The molecule has 0 radical (unpaired) electrons. The number of hydrogen-bond donors (Lipinski definition) is 0. The lowest BCUT2D eigenvalue weighted by Crippen LogP contribution is -2.51. The maximum atomic E-state index is 13.6. The zero-order valence-corrected chi connectivity index (χ0v) is 20.7. The molecule has 2 amide bonds. The summed E-state index contributed by atoms with van der Waals surface area (Å²) in [7, 11) is 0.